The minimum atomic E-state index is -0.962. The highest BCUT2D eigenvalue weighted by Crippen LogP contribution is 2.55. The zero-order valence-corrected chi connectivity index (χ0v) is 19.8. The van der Waals surface area contributed by atoms with Gasteiger partial charge in [-0.1, -0.05) is 24.3 Å². The van der Waals surface area contributed by atoms with Gasteiger partial charge in [0.2, 0.25) is 0 Å². The number of carboxylic acids is 1. The maximum absolute atomic E-state index is 12.9. The Morgan fingerprint density at radius 2 is 1.62 bits per heavy atom. The number of hydrogen-bond donors (Lipinski definition) is 3. The molecule has 0 saturated heterocycles. The molecule has 180 valence electrons. The van der Waals surface area contributed by atoms with Crippen LogP contribution in [-0.2, 0) is 0 Å². The third kappa shape index (κ3) is 4.91. The lowest BCUT2D eigenvalue weighted by Gasteiger charge is -2.56. The highest BCUT2D eigenvalue weighted by Gasteiger charge is 2.51. The molecule has 0 spiro atoms. The predicted molar refractivity (Wildman–Crippen MR) is 130 cm³/mol. The van der Waals surface area contributed by atoms with Crippen molar-refractivity contribution in [2.45, 2.75) is 63.5 Å². The normalized spacial score (nSPS) is 27.7. The number of rotatable bonds is 8. The summed E-state index contributed by atoms with van der Waals surface area (Å²) in [5, 5.41) is 15.6. The molecule has 4 saturated carbocycles. The molecule has 0 aliphatic heterocycles. The minimum absolute atomic E-state index is 0.00333. The summed E-state index contributed by atoms with van der Waals surface area (Å²) < 4.78 is 6.27. The van der Waals surface area contributed by atoms with Crippen molar-refractivity contribution in [2.24, 2.45) is 17.8 Å². The lowest BCUT2D eigenvalue weighted by Crippen LogP contribution is -2.61. The number of aryl methyl sites for hydroxylation is 1. The zero-order chi connectivity index (χ0) is 23.7. The maximum Gasteiger partial charge on any atom is 0.335 e. The molecule has 1 atom stereocenters. The van der Waals surface area contributed by atoms with E-state index in [1.807, 2.05) is 31.2 Å². The Balaban J connectivity index is 1.21. The van der Waals surface area contributed by atoms with Crippen LogP contribution < -0.4 is 15.4 Å². The van der Waals surface area contributed by atoms with Crippen molar-refractivity contribution >= 4 is 12.0 Å². The second-order valence-electron chi connectivity index (χ2n) is 10.7. The molecule has 2 aromatic carbocycles. The number of carbonyl (C=O) groups is 2. The topological polar surface area (TPSA) is 87.7 Å². The molecule has 6 rings (SSSR count). The van der Waals surface area contributed by atoms with Crippen molar-refractivity contribution < 1.29 is 19.4 Å². The molecule has 6 heteroatoms. The molecular weight excluding hydrogens is 428 g/mol. The summed E-state index contributed by atoms with van der Waals surface area (Å²) in [6, 6.07) is 14.5. The van der Waals surface area contributed by atoms with Gasteiger partial charge in [0.1, 0.15) is 11.9 Å². The van der Waals surface area contributed by atoms with E-state index in [0.29, 0.717) is 18.7 Å². The van der Waals surface area contributed by atoms with E-state index < -0.39 is 5.97 Å². The Labute approximate surface area is 201 Å². The molecule has 4 aliphatic carbocycles. The molecule has 0 heterocycles. The Morgan fingerprint density at radius 3 is 2.21 bits per heavy atom. The van der Waals surface area contributed by atoms with Gasteiger partial charge in [-0.25, -0.2) is 9.59 Å². The quantitative estimate of drug-likeness (QED) is 0.485. The van der Waals surface area contributed by atoms with Crippen LogP contribution in [-0.4, -0.2) is 29.2 Å². The van der Waals surface area contributed by atoms with Crippen LogP contribution in [0.15, 0.2) is 48.5 Å². The molecular formula is C28H34N2O4. The van der Waals surface area contributed by atoms with Crippen LogP contribution in [0.4, 0.5) is 4.79 Å². The van der Waals surface area contributed by atoms with E-state index in [1.165, 1.54) is 19.3 Å². The van der Waals surface area contributed by atoms with Gasteiger partial charge < -0.3 is 20.5 Å². The molecule has 0 aromatic heterocycles. The SMILES string of the molecule is Cc1ccccc1C(CCNC(=O)NC12CC3CC(CC(C3)C1)C2)Oc1ccc(C(=O)O)cc1. The second kappa shape index (κ2) is 9.32. The standard InChI is InChI=1S/C28H34N2O4/c1-18-4-2-3-5-24(18)25(34-23-8-6-22(7-9-23)26(31)32)10-11-29-27(33)30-28-15-19-12-20(16-28)14-21(13-19)17-28/h2-9,19-21,25H,10-17H2,1H3,(H,31,32)(H2,29,30,33). The van der Waals surface area contributed by atoms with Crippen molar-refractivity contribution in [1.82, 2.24) is 10.6 Å². The Hall–Kier alpha value is -3.02. The summed E-state index contributed by atoms with van der Waals surface area (Å²) in [5.41, 5.74) is 2.40. The van der Waals surface area contributed by atoms with Gasteiger partial charge in [-0.05, 0) is 98.6 Å². The molecule has 4 fully saturated rings. The highest BCUT2D eigenvalue weighted by molar-refractivity contribution is 5.87. The van der Waals surface area contributed by atoms with Gasteiger partial charge in [0, 0.05) is 18.5 Å². The smallest absolute Gasteiger partial charge is 0.335 e. The van der Waals surface area contributed by atoms with Crippen LogP contribution in [0, 0.1) is 24.7 Å². The number of benzene rings is 2. The second-order valence-corrected chi connectivity index (χ2v) is 10.7. The summed E-state index contributed by atoms with van der Waals surface area (Å²) in [6.07, 6.45) is 7.81. The number of ether oxygens (including phenoxy) is 1. The fourth-order valence-corrected chi connectivity index (χ4v) is 6.93. The van der Waals surface area contributed by atoms with Crippen LogP contribution in [0.2, 0.25) is 0 Å². The number of carbonyl (C=O) groups excluding carboxylic acids is 1. The average Bonchev–Trinajstić information content (AvgIpc) is 2.78. The molecule has 34 heavy (non-hydrogen) atoms. The zero-order valence-electron chi connectivity index (χ0n) is 19.8. The van der Waals surface area contributed by atoms with Gasteiger partial charge in [0.05, 0.1) is 5.56 Å². The van der Waals surface area contributed by atoms with Crippen LogP contribution >= 0.6 is 0 Å². The summed E-state index contributed by atoms with van der Waals surface area (Å²) >= 11 is 0. The third-order valence-corrected chi connectivity index (χ3v) is 8.02. The van der Waals surface area contributed by atoms with E-state index in [1.54, 1.807) is 24.3 Å². The first-order valence-corrected chi connectivity index (χ1v) is 12.5. The van der Waals surface area contributed by atoms with E-state index in [2.05, 4.69) is 10.6 Å². The van der Waals surface area contributed by atoms with Gasteiger partial charge in [0.15, 0.2) is 0 Å². The van der Waals surface area contributed by atoms with Gasteiger partial charge in [-0.2, -0.15) is 0 Å². The molecule has 1 unspecified atom stereocenters. The van der Waals surface area contributed by atoms with Crippen molar-refractivity contribution in [2.75, 3.05) is 6.54 Å². The molecule has 2 amide bonds. The Bertz CT molecular complexity index is 1010. The molecule has 2 aromatic rings. The molecule has 3 N–H and O–H groups in total. The number of amides is 2. The van der Waals surface area contributed by atoms with E-state index >= 15 is 0 Å². The average molecular weight is 463 g/mol. The number of aromatic carboxylic acids is 1. The van der Waals surface area contributed by atoms with E-state index in [9.17, 15) is 9.59 Å². The Kier molecular flexibility index (Phi) is 6.24. The van der Waals surface area contributed by atoms with Crippen molar-refractivity contribution in [3.05, 3.63) is 65.2 Å². The van der Waals surface area contributed by atoms with Gasteiger partial charge in [-0.3, -0.25) is 0 Å². The number of carboxylic acid groups (broad SMARTS) is 1. The van der Waals surface area contributed by atoms with E-state index in [0.717, 1.165) is 48.1 Å². The predicted octanol–water partition coefficient (Wildman–Crippen LogP) is 5.47. The van der Waals surface area contributed by atoms with Crippen LogP contribution in [0.3, 0.4) is 0 Å². The van der Waals surface area contributed by atoms with Crippen molar-refractivity contribution in [3.8, 4) is 5.75 Å². The van der Waals surface area contributed by atoms with Crippen molar-refractivity contribution in [3.63, 3.8) is 0 Å². The molecule has 4 aliphatic rings. The van der Waals surface area contributed by atoms with E-state index in [4.69, 9.17) is 9.84 Å². The lowest BCUT2D eigenvalue weighted by molar-refractivity contribution is -0.0135. The van der Waals surface area contributed by atoms with Gasteiger partial charge >= 0.3 is 12.0 Å². The third-order valence-electron chi connectivity index (χ3n) is 8.02. The van der Waals surface area contributed by atoms with E-state index in [-0.39, 0.29) is 23.2 Å². The van der Waals surface area contributed by atoms with Crippen LogP contribution in [0.25, 0.3) is 0 Å². The minimum Gasteiger partial charge on any atom is -0.486 e. The number of nitrogens with one attached hydrogen (secondary N) is 2. The monoisotopic (exact) mass is 462 g/mol. The lowest BCUT2D eigenvalue weighted by atomic mass is 9.53. The first-order valence-electron chi connectivity index (χ1n) is 12.5. The summed E-state index contributed by atoms with van der Waals surface area (Å²) in [5.74, 6) is 2.02. The van der Waals surface area contributed by atoms with Crippen LogP contribution in [0.1, 0.15) is 72.5 Å². The highest BCUT2D eigenvalue weighted by atomic mass is 16.5. The largest absolute Gasteiger partial charge is 0.486 e. The Morgan fingerprint density at radius 1 is 1.00 bits per heavy atom. The fraction of sp³-hybridized carbons (Fsp3) is 0.500. The number of urea groups is 1. The van der Waals surface area contributed by atoms with Crippen molar-refractivity contribution in [1.29, 1.82) is 0 Å². The summed E-state index contributed by atoms with van der Waals surface area (Å²) in [7, 11) is 0. The van der Waals surface area contributed by atoms with Gasteiger partial charge in [-0.15, -0.1) is 0 Å². The summed E-state index contributed by atoms with van der Waals surface area (Å²) in [4.78, 5) is 24.0. The fourth-order valence-electron chi connectivity index (χ4n) is 6.93. The first-order chi connectivity index (χ1) is 16.4. The molecule has 6 nitrogen and oxygen atoms in total. The maximum atomic E-state index is 12.9. The summed E-state index contributed by atoms with van der Waals surface area (Å²) in [6.45, 7) is 2.54. The van der Waals surface area contributed by atoms with Crippen LogP contribution in [0.5, 0.6) is 5.75 Å². The number of hydrogen-bond acceptors (Lipinski definition) is 3. The first kappa shape index (κ1) is 22.8. The molecule has 4 bridgehead atoms. The molecule has 0 radical (unpaired) electrons. The van der Waals surface area contributed by atoms with Gasteiger partial charge in [0.25, 0.3) is 0 Å².